The van der Waals surface area contributed by atoms with Crippen LogP contribution in [0.5, 0.6) is 0 Å². The molecule has 0 fully saturated rings. The molecule has 0 amide bonds. The third-order valence-corrected chi connectivity index (χ3v) is 3.23. The molecule has 0 bridgehead atoms. The third kappa shape index (κ3) is 6.36. The quantitative estimate of drug-likeness (QED) is 0.608. The predicted molar refractivity (Wildman–Crippen MR) is 77.3 cm³/mol. The lowest BCUT2D eigenvalue weighted by molar-refractivity contribution is -0.149. The van der Waals surface area contributed by atoms with Crippen molar-refractivity contribution in [3.63, 3.8) is 0 Å². The Hall–Kier alpha value is -0.650. The lowest BCUT2D eigenvalue weighted by atomic mass is 10.0. The van der Waals surface area contributed by atoms with Gasteiger partial charge in [-0.25, -0.2) is 0 Å². The van der Waals surface area contributed by atoms with Crippen LogP contribution in [0.25, 0.3) is 0 Å². The zero-order valence-electron chi connectivity index (χ0n) is 13.3. The van der Waals surface area contributed by atoms with Crippen molar-refractivity contribution in [3.05, 3.63) is 0 Å². The van der Waals surface area contributed by atoms with E-state index in [2.05, 4.69) is 31.0 Å². The van der Waals surface area contributed by atoms with Crippen molar-refractivity contribution in [2.45, 2.75) is 45.7 Å². The van der Waals surface area contributed by atoms with Crippen LogP contribution in [0.2, 0.25) is 0 Å². The first-order valence-electron chi connectivity index (χ1n) is 6.97. The number of nitrogens with zero attached hydrogens (tertiary/aromatic N) is 1. The van der Waals surface area contributed by atoms with Gasteiger partial charge in [0.05, 0.1) is 13.7 Å². The Morgan fingerprint density at radius 1 is 1.37 bits per heavy atom. The molecule has 5 nitrogen and oxygen atoms in total. The van der Waals surface area contributed by atoms with Gasteiger partial charge >= 0.3 is 5.97 Å². The topological polar surface area (TPSA) is 50.8 Å². The lowest BCUT2D eigenvalue weighted by Gasteiger charge is -2.36. The Morgan fingerprint density at radius 3 is 2.42 bits per heavy atom. The molecule has 0 spiro atoms. The van der Waals surface area contributed by atoms with Gasteiger partial charge in [-0.05, 0) is 33.7 Å². The summed E-state index contributed by atoms with van der Waals surface area (Å²) in [6.45, 7) is 11.1. The summed E-state index contributed by atoms with van der Waals surface area (Å²) in [5.74, 6) is -0.219. The van der Waals surface area contributed by atoms with Gasteiger partial charge in [0.2, 0.25) is 0 Å². The summed E-state index contributed by atoms with van der Waals surface area (Å²) in [4.78, 5) is 14.3. The molecule has 19 heavy (non-hydrogen) atoms. The first kappa shape index (κ1) is 18.4. The van der Waals surface area contributed by atoms with Crippen LogP contribution in [0.4, 0.5) is 0 Å². The zero-order valence-corrected chi connectivity index (χ0v) is 13.3. The third-order valence-electron chi connectivity index (χ3n) is 3.23. The van der Waals surface area contributed by atoms with Crippen molar-refractivity contribution >= 4 is 5.97 Å². The average Bonchev–Trinajstić information content (AvgIpc) is 2.39. The van der Waals surface area contributed by atoms with Gasteiger partial charge in [-0.2, -0.15) is 0 Å². The first-order valence-corrected chi connectivity index (χ1v) is 6.97. The van der Waals surface area contributed by atoms with E-state index in [0.29, 0.717) is 19.2 Å². The maximum absolute atomic E-state index is 12.0. The number of ether oxygens (including phenoxy) is 2. The number of hydrogen-bond donors (Lipinski definition) is 1. The van der Waals surface area contributed by atoms with Crippen LogP contribution >= 0.6 is 0 Å². The molecule has 5 heteroatoms. The molecule has 1 N–H and O–H groups in total. The molecule has 0 aliphatic rings. The van der Waals surface area contributed by atoms with Crippen molar-refractivity contribution in [1.82, 2.24) is 10.2 Å². The van der Waals surface area contributed by atoms with Gasteiger partial charge in [-0.15, -0.1) is 0 Å². The van der Waals surface area contributed by atoms with Gasteiger partial charge in [0.25, 0.3) is 0 Å². The highest BCUT2D eigenvalue weighted by molar-refractivity contribution is 5.80. The molecule has 0 saturated heterocycles. The minimum absolute atomic E-state index is 0.219. The van der Waals surface area contributed by atoms with Gasteiger partial charge in [0.1, 0.15) is 5.54 Å². The van der Waals surface area contributed by atoms with Crippen LogP contribution in [0.1, 0.15) is 34.1 Å². The molecule has 0 aromatic heterocycles. The smallest absolute Gasteiger partial charge is 0.327 e. The number of carbonyl (C=O) groups is 1. The van der Waals surface area contributed by atoms with E-state index in [-0.39, 0.29) is 5.97 Å². The van der Waals surface area contributed by atoms with Crippen LogP contribution in [0.3, 0.4) is 0 Å². The lowest BCUT2D eigenvalue weighted by Crippen LogP contribution is -2.59. The maximum atomic E-state index is 12.0. The minimum atomic E-state index is -0.678. The summed E-state index contributed by atoms with van der Waals surface area (Å²) in [5.41, 5.74) is -0.678. The Balaban J connectivity index is 4.78. The monoisotopic (exact) mass is 274 g/mol. The molecular formula is C14H30N2O3. The highest BCUT2D eigenvalue weighted by atomic mass is 16.5. The van der Waals surface area contributed by atoms with E-state index in [1.54, 1.807) is 7.11 Å². The second-order valence-corrected chi connectivity index (χ2v) is 5.31. The number of esters is 1. The van der Waals surface area contributed by atoms with E-state index >= 15 is 0 Å². The van der Waals surface area contributed by atoms with E-state index in [9.17, 15) is 4.79 Å². The van der Waals surface area contributed by atoms with Crippen molar-refractivity contribution in [3.8, 4) is 0 Å². The molecular weight excluding hydrogens is 244 g/mol. The van der Waals surface area contributed by atoms with Crippen molar-refractivity contribution in [2.75, 3.05) is 40.5 Å². The summed E-state index contributed by atoms with van der Waals surface area (Å²) < 4.78 is 10.1. The molecule has 0 aliphatic heterocycles. The molecule has 114 valence electrons. The van der Waals surface area contributed by atoms with Gasteiger partial charge in [-0.1, -0.05) is 6.92 Å². The minimum Gasteiger partial charge on any atom is -0.468 e. The van der Waals surface area contributed by atoms with E-state index < -0.39 is 5.54 Å². The number of methoxy groups -OCH3 is 2. The van der Waals surface area contributed by atoms with Crippen molar-refractivity contribution in [2.24, 2.45) is 0 Å². The van der Waals surface area contributed by atoms with Crippen LogP contribution in [-0.2, 0) is 14.3 Å². The number of carbonyl (C=O) groups excluding carboxylic acids is 1. The second-order valence-electron chi connectivity index (χ2n) is 5.31. The van der Waals surface area contributed by atoms with E-state index in [1.807, 2.05) is 6.92 Å². The standard InChI is InChI=1S/C14H30N2O3/c1-7-8-15-14(4,13(17)19-6)11-16(12(2)3)9-10-18-5/h12,15H,7-11H2,1-6H3. The predicted octanol–water partition coefficient (Wildman–Crippen LogP) is 1.27. The second kappa shape index (κ2) is 9.28. The number of rotatable bonds is 10. The Kier molecular flexibility index (Phi) is 8.97. The summed E-state index contributed by atoms with van der Waals surface area (Å²) in [5, 5.41) is 3.30. The summed E-state index contributed by atoms with van der Waals surface area (Å²) in [6, 6.07) is 0.350. The van der Waals surface area contributed by atoms with E-state index in [0.717, 1.165) is 19.5 Å². The molecule has 0 saturated carbocycles. The van der Waals surface area contributed by atoms with Crippen molar-refractivity contribution < 1.29 is 14.3 Å². The Morgan fingerprint density at radius 2 is 2.00 bits per heavy atom. The largest absolute Gasteiger partial charge is 0.468 e. The van der Waals surface area contributed by atoms with Crippen molar-refractivity contribution in [1.29, 1.82) is 0 Å². The molecule has 0 aromatic carbocycles. The van der Waals surface area contributed by atoms with Gasteiger partial charge in [-0.3, -0.25) is 9.69 Å². The highest BCUT2D eigenvalue weighted by Gasteiger charge is 2.36. The average molecular weight is 274 g/mol. The normalized spacial score (nSPS) is 14.7. The SMILES string of the molecule is CCCNC(C)(CN(CCOC)C(C)C)C(=O)OC. The number of hydrogen-bond acceptors (Lipinski definition) is 5. The Labute approximate surface area is 117 Å². The molecule has 0 aliphatic carbocycles. The van der Waals surface area contributed by atoms with E-state index in [1.165, 1.54) is 7.11 Å². The maximum Gasteiger partial charge on any atom is 0.327 e. The summed E-state index contributed by atoms with van der Waals surface area (Å²) in [6.07, 6.45) is 0.979. The summed E-state index contributed by atoms with van der Waals surface area (Å²) >= 11 is 0. The van der Waals surface area contributed by atoms with E-state index in [4.69, 9.17) is 9.47 Å². The fraction of sp³-hybridized carbons (Fsp3) is 0.929. The molecule has 0 aromatic rings. The van der Waals surface area contributed by atoms with Gasteiger partial charge in [0.15, 0.2) is 0 Å². The molecule has 1 unspecified atom stereocenters. The molecule has 0 heterocycles. The number of nitrogens with one attached hydrogen (secondary N) is 1. The zero-order chi connectivity index (χ0) is 14.9. The summed E-state index contributed by atoms with van der Waals surface area (Å²) in [7, 11) is 3.12. The Bertz CT molecular complexity index is 259. The molecule has 0 radical (unpaired) electrons. The molecule has 1 atom stereocenters. The van der Waals surface area contributed by atoms with Gasteiger partial charge < -0.3 is 14.8 Å². The highest BCUT2D eigenvalue weighted by Crippen LogP contribution is 2.12. The van der Waals surface area contributed by atoms with Crippen LogP contribution in [-0.4, -0.2) is 62.9 Å². The van der Waals surface area contributed by atoms with Crippen LogP contribution in [0, 0.1) is 0 Å². The fourth-order valence-electron chi connectivity index (χ4n) is 1.95. The van der Waals surface area contributed by atoms with Crippen LogP contribution in [0.15, 0.2) is 0 Å². The first-order chi connectivity index (χ1) is 8.91. The van der Waals surface area contributed by atoms with Crippen LogP contribution < -0.4 is 5.32 Å². The molecule has 0 rings (SSSR count). The fourth-order valence-corrected chi connectivity index (χ4v) is 1.95. The van der Waals surface area contributed by atoms with Gasteiger partial charge in [0, 0.05) is 26.2 Å².